The molecular weight excluding hydrogens is 250 g/mol. The molecule has 6 heteroatoms. The summed E-state index contributed by atoms with van der Waals surface area (Å²) in [5.74, 6) is -0.664. The minimum atomic E-state index is -0.828. The lowest BCUT2D eigenvalue weighted by Gasteiger charge is -2.25. The lowest BCUT2D eigenvalue weighted by Crippen LogP contribution is -2.47. The quantitative estimate of drug-likeness (QED) is 0.785. The van der Waals surface area contributed by atoms with Crippen LogP contribution < -0.4 is 5.32 Å². The summed E-state index contributed by atoms with van der Waals surface area (Å²) >= 11 is 0. The smallest absolute Gasteiger partial charge is 0.408 e. The Morgan fingerprint density at radius 2 is 2.00 bits per heavy atom. The maximum absolute atomic E-state index is 11.7. The summed E-state index contributed by atoms with van der Waals surface area (Å²) in [6.07, 6.45) is 0.625. The molecule has 1 rings (SSSR count). The molecule has 0 aliphatic heterocycles. The number of esters is 1. The van der Waals surface area contributed by atoms with Crippen LogP contribution in [0.1, 0.15) is 40.0 Å². The van der Waals surface area contributed by atoms with E-state index >= 15 is 0 Å². The first kappa shape index (κ1) is 15.5. The number of alkyl carbamates (subject to hydrolysis) is 1. The highest BCUT2D eigenvalue weighted by molar-refractivity contribution is 5.85. The Morgan fingerprint density at radius 3 is 2.42 bits per heavy atom. The number of carbonyl (C=O) groups excluding carboxylic acids is 3. The van der Waals surface area contributed by atoms with Gasteiger partial charge >= 0.3 is 12.1 Å². The Balaban J connectivity index is 2.67. The van der Waals surface area contributed by atoms with E-state index < -0.39 is 23.7 Å². The van der Waals surface area contributed by atoms with Crippen LogP contribution >= 0.6 is 0 Å². The summed E-state index contributed by atoms with van der Waals surface area (Å²) in [5, 5.41) is 2.50. The molecule has 2 atom stereocenters. The standard InChI is InChI=1S/C13H21NO5/c1-13(2,3)19-12(17)14-10(11(16)18-4)8-5-6-9(15)7-8/h8,10H,5-7H2,1-4H3,(H,14,17). The minimum absolute atomic E-state index is 0.102. The summed E-state index contributed by atoms with van der Waals surface area (Å²) in [6, 6.07) is -0.828. The Kier molecular flexibility index (Phi) is 4.91. The van der Waals surface area contributed by atoms with E-state index in [0.717, 1.165) is 0 Å². The van der Waals surface area contributed by atoms with Gasteiger partial charge in [0.25, 0.3) is 0 Å². The van der Waals surface area contributed by atoms with E-state index in [0.29, 0.717) is 12.8 Å². The maximum Gasteiger partial charge on any atom is 0.408 e. The monoisotopic (exact) mass is 271 g/mol. The van der Waals surface area contributed by atoms with Crippen LogP contribution in [0.5, 0.6) is 0 Å². The summed E-state index contributed by atoms with van der Waals surface area (Å²) < 4.78 is 9.78. The van der Waals surface area contributed by atoms with E-state index in [1.54, 1.807) is 20.8 Å². The van der Waals surface area contributed by atoms with Crippen molar-refractivity contribution in [3.05, 3.63) is 0 Å². The normalized spacial score (nSPS) is 20.8. The number of hydrogen-bond donors (Lipinski definition) is 1. The predicted molar refractivity (Wildman–Crippen MR) is 67.5 cm³/mol. The van der Waals surface area contributed by atoms with Gasteiger partial charge in [-0.05, 0) is 33.1 Å². The van der Waals surface area contributed by atoms with Gasteiger partial charge in [-0.25, -0.2) is 9.59 Å². The number of methoxy groups -OCH3 is 1. The lowest BCUT2D eigenvalue weighted by molar-refractivity contribution is -0.144. The molecule has 1 N–H and O–H groups in total. The third-order valence-electron chi connectivity index (χ3n) is 2.88. The molecule has 1 amide bonds. The first-order valence-electron chi connectivity index (χ1n) is 6.32. The van der Waals surface area contributed by atoms with Crippen LogP contribution in [0.4, 0.5) is 4.79 Å². The molecule has 0 heterocycles. The fourth-order valence-corrected chi connectivity index (χ4v) is 2.06. The molecule has 0 radical (unpaired) electrons. The van der Waals surface area contributed by atoms with Gasteiger partial charge in [-0.2, -0.15) is 0 Å². The van der Waals surface area contributed by atoms with Crippen LogP contribution in [0, 0.1) is 5.92 Å². The largest absolute Gasteiger partial charge is 0.467 e. The van der Waals surface area contributed by atoms with E-state index in [1.807, 2.05) is 0 Å². The van der Waals surface area contributed by atoms with E-state index in [1.165, 1.54) is 7.11 Å². The number of carbonyl (C=O) groups is 3. The molecular formula is C13H21NO5. The SMILES string of the molecule is COC(=O)C(NC(=O)OC(C)(C)C)C1CCC(=O)C1. The van der Waals surface area contributed by atoms with Crippen molar-refractivity contribution in [1.82, 2.24) is 5.32 Å². The number of nitrogens with one attached hydrogen (secondary N) is 1. The van der Waals surface area contributed by atoms with E-state index in [9.17, 15) is 14.4 Å². The minimum Gasteiger partial charge on any atom is -0.467 e. The van der Waals surface area contributed by atoms with Gasteiger partial charge in [0.1, 0.15) is 17.4 Å². The fraction of sp³-hybridized carbons (Fsp3) is 0.769. The predicted octanol–water partition coefficient (Wildman–Crippen LogP) is 1.42. The Hall–Kier alpha value is -1.59. The second-order valence-electron chi connectivity index (χ2n) is 5.69. The van der Waals surface area contributed by atoms with Gasteiger partial charge in [0.2, 0.25) is 0 Å². The second-order valence-corrected chi connectivity index (χ2v) is 5.69. The molecule has 1 aliphatic carbocycles. The first-order valence-corrected chi connectivity index (χ1v) is 6.32. The van der Waals surface area contributed by atoms with E-state index in [-0.39, 0.29) is 18.1 Å². The third-order valence-corrected chi connectivity index (χ3v) is 2.88. The van der Waals surface area contributed by atoms with Crippen LogP contribution in [0.25, 0.3) is 0 Å². The van der Waals surface area contributed by atoms with Crippen molar-refractivity contribution in [2.75, 3.05) is 7.11 Å². The Labute approximate surface area is 112 Å². The Morgan fingerprint density at radius 1 is 1.37 bits per heavy atom. The van der Waals surface area contributed by atoms with Gasteiger partial charge < -0.3 is 14.8 Å². The van der Waals surface area contributed by atoms with Crippen LogP contribution in [0.15, 0.2) is 0 Å². The van der Waals surface area contributed by atoms with Crippen LogP contribution in [-0.2, 0) is 19.1 Å². The van der Waals surface area contributed by atoms with Crippen LogP contribution in [0.2, 0.25) is 0 Å². The van der Waals surface area contributed by atoms with Gasteiger partial charge in [0.15, 0.2) is 0 Å². The molecule has 6 nitrogen and oxygen atoms in total. The van der Waals surface area contributed by atoms with Gasteiger partial charge in [-0.1, -0.05) is 0 Å². The van der Waals surface area contributed by atoms with Gasteiger partial charge in [-0.15, -0.1) is 0 Å². The Bertz CT molecular complexity index is 372. The molecule has 0 aromatic heterocycles. The topological polar surface area (TPSA) is 81.7 Å². The lowest BCUT2D eigenvalue weighted by atomic mass is 9.98. The zero-order chi connectivity index (χ0) is 14.6. The van der Waals surface area contributed by atoms with E-state index in [2.05, 4.69) is 10.1 Å². The van der Waals surface area contributed by atoms with Crippen molar-refractivity contribution in [3.63, 3.8) is 0 Å². The number of amides is 1. The van der Waals surface area contributed by atoms with Crippen molar-refractivity contribution >= 4 is 17.8 Å². The number of rotatable bonds is 3. The second kappa shape index (κ2) is 6.04. The van der Waals surface area contributed by atoms with Gasteiger partial charge in [-0.3, -0.25) is 4.79 Å². The van der Waals surface area contributed by atoms with Crippen molar-refractivity contribution in [2.45, 2.75) is 51.7 Å². The maximum atomic E-state index is 11.7. The zero-order valence-electron chi connectivity index (χ0n) is 11.8. The number of Topliss-reactive ketones (excluding diaryl/α,β-unsaturated/α-hetero) is 1. The van der Waals surface area contributed by atoms with E-state index in [4.69, 9.17) is 4.74 Å². The highest BCUT2D eigenvalue weighted by Crippen LogP contribution is 2.26. The highest BCUT2D eigenvalue weighted by Gasteiger charge is 2.36. The molecule has 1 fully saturated rings. The van der Waals surface area contributed by atoms with Crippen molar-refractivity contribution in [2.24, 2.45) is 5.92 Å². The summed E-state index contributed by atoms with van der Waals surface area (Å²) in [5.41, 5.74) is -0.643. The average Bonchev–Trinajstić information content (AvgIpc) is 2.69. The number of ether oxygens (including phenoxy) is 2. The summed E-state index contributed by atoms with van der Waals surface area (Å²) in [4.78, 5) is 34.7. The molecule has 19 heavy (non-hydrogen) atoms. The number of hydrogen-bond acceptors (Lipinski definition) is 5. The van der Waals surface area contributed by atoms with Crippen LogP contribution in [-0.4, -0.2) is 36.6 Å². The fourth-order valence-electron chi connectivity index (χ4n) is 2.06. The number of ketones is 1. The van der Waals surface area contributed by atoms with Gasteiger partial charge in [0, 0.05) is 12.8 Å². The van der Waals surface area contributed by atoms with Crippen molar-refractivity contribution in [1.29, 1.82) is 0 Å². The highest BCUT2D eigenvalue weighted by atomic mass is 16.6. The van der Waals surface area contributed by atoms with Gasteiger partial charge in [0.05, 0.1) is 7.11 Å². The summed E-state index contributed by atoms with van der Waals surface area (Å²) in [7, 11) is 1.25. The molecule has 0 bridgehead atoms. The average molecular weight is 271 g/mol. The van der Waals surface area contributed by atoms with Crippen molar-refractivity contribution in [3.8, 4) is 0 Å². The molecule has 0 aromatic rings. The molecule has 0 spiro atoms. The van der Waals surface area contributed by atoms with Crippen LogP contribution in [0.3, 0.4) is 0 Å². The molecule has 0 saturated heterocycles. The zero-order valence-corrected chi connectivity index (χ0v) is 11.8. The molecule has 108 valence electrons. The molecule has 2 unspecified atom stereocenters. The molecule has 1 saturated carbocycles. The van der Waals surface area contributed by atoms with Crippen molar-refractivity contribution < 1.29 is 23.9 Å². The summed E-state index contributed by atoms with van der Waals surface area (Å²) in [6.45, 7) is 5.20. The third kappa shape index (κ3) is 4.89. The first-order chi connectivity index (χ1) is 8.73. The molecule has 1 aliphatic rings. The molecule has 0 aromatic carbocycles.